The van der Waals surface area contributed by atoms with Crippen LogP contribution in [-0.4, -0.2) is 50.9 Å². The molecule has 232 valence electrons. The number of hydrogen-bond donors (Lipinski definition) is 1. The lowest BCUT2D eigenvalue weighted by Crippen LogP contribution is -2.53. The summed E-state index contributed by atoms with van der Waals surface area (Å²) >= 11 is 0. The van der Waals surface area contributed by atoms with Crippen LogP contribution in [0.4, 0.5) is 18.9 Å². The topological polar surface area (TPSA) is 96.0 Å². The number of nitrogens with one attached hydrogen (secondary N) is 1. The maximum atomic E-state index is 14.1. The second-order valence-electron chi connectivity index (χ2n) is 9.98. The Hall–Kier alpha value is -4.06. The van der Waals surface area contributed by atoms with Crippen LogP contribution in [-0.2, 0) is 32.3 Å². The number of ether oxygens (including phenoxy) is 1. The van der Waals surface area contributed by atoms with Crippen LogP contribution >= 0.6 is 0 Å². The van der Waals surface area contributed by atoms with Gasteiger partial charge < -0.3 is 15.0 Å². The molecule has 2 amide bonds. The zero-order valence-electron chi connectivity index (χ0n) is 24.5. The third-order valence-corrected chi connectivity index (χ3v) is 8.76. The van der Waals surface area contributed by atoms with Crippen LogP contribution in [0.3, 0.4) is 0 Å². The standard InChI is InChI=1S/C31H36F3N3O5S/c1-5-22(3)35-30(39)28(6-2)36(20-23-15-17-26(42-4)18-16-23)29(38)21-37(43(40,41)27-13-8-7-9-14-27)25-12-10-11-24(19-25)31(32,33)34/h7-19,22,28H,5-6,20-21H2,1-4H3,(H,35,39)/t22-,28+/m1/s1. The quantitative estimate of drug-likeness (QED) is 0.268. The van der Waals surface area contributed by atoms with Gasteiger partial charge in [-0.05, 0) is 67.8 Å². The number of sulfonamides is 1. The van der Waals surface area contributed by atoms with Crippen molar-refractivity contribution < 1.29 is 35.9 Å². The van der Waals surface area contributed by atoms with Gasteiger partial charge in [0.1, 0.15) is 18.3 Å². The highest BCUT2D eigenvalue weighted by Gasteiger charge is 2.36. The predicted molar refractivity (Wildman–Crippen MR) is 158 cm³/mol. The molecule has 0 aliphatic rings. The number of alkyl halides is 3. The molecular weight excluding hydrogens is 583 g/mol. The molecule has 3 aromatic carbocycles. The summed E-state index contributed by atoms with van der Waals surface area (Å²) in [4.78, 5) is 28.5. The molecule has 0 unspecified atom stereocenters. The first-order valence-corrected chi connectivity index (χ1v) is 15.2. The highest BCUT2D eigenvalue weighted by Crippen LogP contribution is 2.33. The number of anilines is 1. The fourth-order valence-electron chi connectivity index (χ4n) is 4.37. The zero-order valence-corrected chi connectivity index (χ0v) is 25.3. The highest BCUT2D eigenvalue weighted by atomic mass is 32.2. The van der Waals surface area contributed by atoms with E-state index in [1.54, 1.807) is 37.3 Å². The number of benzene rings is 3. The molecule has 0 aliphatic carbocycles. The third-order valence-electron chi connectivity index (χ3n) is 6.97. The van der Waals surface area contributed by atoms with E-state index in [4.69, 9.17) is 4.74 Å². The summed E-state index contributed by atoms with van der Waals surface area (Å²) in [5, 5.41) is 2.88. The maximum absolute atomic E-state index is 14.1. The van der Waals surface area contributed by atoms with Gasteiger partial charge in [0, 0.05) is 12.6 Å². The number of nitrogens with zero attached hydrogens (tertiary/aromatic N) is 2. The van der Waals surface area contributed by atoms with Crippen LogP contribution in [0.5, 0.6) is 5.75 Å². The first-order valence-electron chi connectivity index (χ1n) is 13.8. The average molecular weight is 620 g/mol. The molecule has 0 saturated carbocycles. The number of hydrogen-bond acceptors (Lipinski definition) is 5. The molecule has 0 saturated heterocycles. The summed E-state index contributed by atoms with van der Waals surface area (Å²) < 4.78 is 74.3. The Labute approximate surface area is 250 Å². The molecule has 12 heteroatoms. The Kier molecular flexibility index (Phi) is 11.2. The molecule has 8 nitrogen and oxygen atoms in total. The van der Waals surface area contributed by atoms with E-state index in [1.165, 1.54) is 42.3 Å². The highest BCUT2D eigenvalue weighted by molar-refractivity contribution is 7.92. The summed E-state index contributed by atoms with van der Waals surface area (Å²) in [7, 11) is -2.99. The number of carbonyl (C=O) groups is 2. The van der Waals surface area contributed by atoms with Crippen molar-refractivity contribution in [2.45, 2.75) is 63.3 Å². The van der Waals surface area contributed by atoms with Gasteiger partial charge in [-0.15, -0.1) is 0 Å². The zero-order chi connectivity index (χ0) is 31.8. The summed E-state index contributed by atoms with van der Waals surface area (Å²) in [5.41, 5.74) is -0.769. The smallest absolute Gasteiger partial charge is 0.416 e. The number of carbonyl (C=O) groups excluding carboxylic acids is 2. The van der Waals surface area contributed by atoms with Gasteiger partial charge in [-0.2, -0.15) is 13.2 Å². The van der Waals surface area contributed by atoms with Crippen LogP contribution in [0.2, 0.25) is 0 Å². The van der Waals surface area contributed by atoms with Crippen molar-refractivity contribution in [3.8, 4) is 5.75 Å². The van der Waals surface area contributed by atoms with Gasteiger partial charge in [0.25, 0.3) is 10.0 Å². The molecular formula is C31H36F3N3O5S. The van der Waals surface area contributed by atoms with Crippen LogP contribution in [0.25, 0.3) is 0 Å². The van der Waals surface area contributed by atoms with E-state index in [0.717, 1.165) is 12.1 Å². The van der Waals surface area contributed by atoms with Crippen molar-refractivity contribution in [1.29, 1.82) is 0 Å². The normalized spacial score (nSPS) is 13.1. The lowest BCUT2D eigenvalue weighted by molar-refractivity contribution is -0.140. The summed E-state index contributed by atoms with van der Waals surface area (Å²) in [6.07, 6.45) is -3.89. The summed E-state index contributed by atoms with van der Waals surface area (Å²) in [6, 6.07) is 16.6. The Bertz CT molecular complexity index is 1480. The predicted octanol–water partition coefficient (Wildman–Crippen LogP) is 5.63. The van der Waals surface area contributed by atoms with Gasteiger partial charge in [0.05, 0.1) is 23.3 Å². The van der Waals surface area contributed by atoms with E-state index in [2.05, 4.69) is 5.32 Å². The van der Waals surface area contributed by atoms with E-state index >= 15 is 0 Å². The molecule has 0 bridgehead atoms. The number of halogens is 3. The van der Waals surface area contributed by atoms with Crippen molar-refractivity contribution in [1.82, 2.24) is 10.2 Å². The Morgan fingerprint density at radius 3 is 2.14 bits per heavy atom. The number of methoxy groups -OCH3 is 1. The van der Waals surface area contributed by atoms with Crippen LogP contribution in [0, 0.1) is 0 Å². The van der Waals surface area contributed by atoms with Crippen molar-refractivity contribution in [3.63, 3.8) is 0 Å². The van der Waals surface area contributed by atoms with Crippen LogP contribution in [0.15, 0.2) is 83.8 Å². The number of rotatable bonds is 13. The fraction of sp³-hybridized carbons (Fsp3) is 0.355. The molecule has 3 aromatic rings. The minimum Gasteiger partial charge on any atom is -0.497 e. The molecule has 2 atom stereocenters. The van der Waals surface area contributed by atoms with Gasteiger partial charge in [0.2, 0.25) is 11.8 Å². The van der Waals surface area contributed by atoms with Crippen LogP contribution < -0.4 is 14.4 Å². The van der Waals surface area contributed by atoms with Gasteiger partial charge in [-0.25, -0.2) is 8.42 Å². The molecule has 43 heavy (non-hydrogen) atoms. The molecule has 0 aromatic heterocycles. The second kappa shape index (κ2) is 14.4. The van der Waals surface area contributed by atoms with Crippen molar-refractivity contribution in [2.24, 2.45) is 0 Å². The van der Waals surface area contributed by atoms with E-state index < -0.39 is 46.2 Å². The monoisotopic (exact) mass is 619 g/mol. The minimum atomic E-state index is -4.75. The van der Waals surface area contributed by atoms with E-state index in [-0.39, 0.29) is 29.6 Å². The molecule has 0 spiro atoms. The first kappa shape index (κ1) is 33.4. The van der Waals surface area contributed by atoms with Crippen molar-refractivity contribution in [3.05, 3.63) is 90.0 Å². The van der Waals surface area contributed by atoms with Crippen molar-refractivity contribution >= 4 is 27.5 Å². The van der Waals surface area contributed by atoms with E-state index in [1.807, 2.05) is 13.8 Å². The largest absolute Gasteiger partial charge is 0.497 e. The molecule has 0 radical (unpaired) electrons. The van der Waals surface area contributed by atoms with Crippen molar-refractivity contribution in [2.75, 3.05) is 18.0 Å². The Morgan fingerprint density at radius 1 is 0.930 bits per heavy atom. The van der Waals surface area contributed by atoms with Crippen LogP contribution in [0.1, 0.15) is 44.7 Å². The molecule has 3 rings (SSSR count). The van der Waals surface area contributed by atoms with Gasteiger partial charge >= 0.3 is 6.18 Å². The Morgan fingerprint density at radius 2 is 1.58 bits per heavy atom. The molecule has 1 N–H and O–H groups in total. The molecule has 0 fully saturated rings. The van der Waals surface area contributed by atoms with E-state index in [9.17, 15) is 31.2 Å². The maximum Gasteiger partial charge on any atom is 0.416 e. The third kappa shape index (κ3) is 8.50. The first-order chi connectivity index (χ1) is 20.3. The molecule has 0 heterocycles. The Balaban J connectivity index is 2.10. The van der Waals surface area contributed by atoms with Gasteiger partial charge in [0.15, 0.2) is 0 Å². The van der Waals surface area contributed by atoms with Gasteiger partial charge in [-0.1, -0.05) is 50.2 Å². The molecule has 0 aliphatic heterocycles. The van der Waals surface area contributed by atoms with E-state index in [0.29, 0.717) is 28.1 Å². The fourth-order valence-corrected chi connectivity index (χ4v) is 5.80. The summed E-state index contributed by atoms with van der Waals surface area (Å²) in [5.74, 6) is -0.609. The lowest BCUT2D eigenvalue weighted by atomic mass is 10.1. The second-order valence-corrected chi connectivity index (χ2v) is 11.8. The summed E-state index contributed by atoms with van der Waals surface area (Å²) in [6.45, 7) is 4.54. The number of amides is 2. The minimum absolute atomic E-state index is 0.0585. The SMILES string of the molecule is CC[C@@H](C)NC(=O)[C@H](CC)N(Cc1ccc(OC)cc1)C(=O)CN(c1cccc(C(F)(F)F)c1)S(=O)(=O)c1ccccc1. The lowest BCUT2D eigenvalue weighted by Gasteiger charge is -2.34. The average Bonchev–Trinajstić information content (AvgIpc) is 2.99. The van der Waals surface area contributed by atoms with Gasteiger partial charge in [-0.3, -0.25) is 13.9 Å².